The van der Waals surface area contributed by atoms with E-state index in [1.165, 1.54) is 0 Å². The summed E-state index contributed by atoms with van der Waals surface area (Å²) in [5.41, 5.74) is 2.76. The second-order valence-corrected chi connectivity index (χ2v) is 5.35. The van der Waals surface area contributed by atoms with E-state index in [4.69, 9.17) is 4.74 Å². The number of hydrogen-bond donors (Lipinski definition) is 1. The molecule has 0 aliphatic rings. The van der Waals surface area contributed by atoms with E-state index in [9.17, 15) is 5.11 Å². The van der Waals surface area contributed by atoms with Crippen LogP contribution in [0.4, 0.5) is 0 Å². The van der Waals surface area contributed by atoms with E-state index in [1.54, 1.807) is 0 Å². The Kier molecular flexibility index (Phi) is 4.61. The molecule has 1 atom stereocenters. The summed E-state index contributed by atoms with van der Waals surface area (Å²) in [5.74, 6) is 0.737. The van der Waals surface area contributed by atoms with Crippen molar-refractivity contribution >= 4 is 15.9 Å². The van der Waals surface area contributed by atoms with E-state index in [-0.39, 0.29) is 0 Å². The van der Waals surface area contributed by atoms with E-state index >= 15 is 0 Å². The third-order valence-electron chi connectivity index (χ3n) is 2.92. The maximum absolute atomic E-state index is 10.5. The van der Waals surface area contributed by atoms with Gasteiger partial charge in [0.2, 0.25) is 0 Å². The Labute approximate surface area is 122 Å². The Hall–Kier alpha value is -1.32. The van der Waals surface area contributed by atoms with Crippen molar-refractivity contribution < 1.29 is 9.84 Å². The highest BCUT2D eigenvalue weighted by molar-refractivity contribution is 9.10. The van der Waals surface area contributed by atoms with Crippen LogP contribution in [-0.4, -0.2) is 11.7 Å². The fraction of sp³-hybridized carbons (Fsp3) is 0.250. The van der Waals surface area contributed by atoms with E-state index in [2.05, 4.69) is 15.9 Å². The number of aryl methyl sites for hydroxylation is 1. The summed E-state index contributed by atoms with van der Waals surface area (Å²) in [4.78, 5) is 0. The van der Waals surface area contributed by atoms with Crippen molar-refractivity contribution in [1.29, 1.82) is 0 Å². The Balaban J connectivity index is 2.42. The van der Waals surface area contributed by atoms with Crippen molar-refractivity contribution in [3.63, 3.8) is 0 Å². The van der Waals surface area contributed by atoms with Gasteiger partial charge in [0.05, 0.1) is 6.61 Å². The van der Waals surface area contributed by atoms with Crippen LogP contribution in [0.25, 0.3) is 0 Å². The normalized spacial score (nSPS) is 12.2. The fourth-order valence-electron chi connectivity index (χ4n) is 2.02. The number of halogens is 1. The van der Waals surface area contributed by atoms with Crippen LogP contribution in [0.3, 0.4) is 0 Å². The van der Waals surface area contributed by atoms with Crippen molar-refractivity contribution in [3.05, 3.63) is 63.6 Å². The first-order valence-electron chi connectivity index (χ1n) is 6.28. The zero-order chi connectivity index (χ0) is 13.8. The molecule has 0 radical (unpaired) electrons. The lowest BCUT2D eigenvalue weighted by Gasteiger charge is -2.17. The highest BCUT2D eigenvalue weighted by atomic mass is 79.9. The van der Waals surface area contributed by atoms with Crippen molar-refractivity contribution in [2.24, 2.45) is 0 Å². The van der Waals surface area contributed by atoms with Crippen molar-refractivity contribution in [2.75, 3.05) is 6.61 Å². The highest BCUT2D eigenvalue weighted by Gasteiger charge is 2.16. The molecule has 1 unspecified atom stereocenters. The van der Waals surface area contributed by atoms with Gasteiger partial charge < -0.3 is 9.84 Å². The monoisotopic (exact) mass is 320 g/mol. The van der Waals surface area contributed by atoms with Gasteiger partial charge >= 0.3 is 0 Å². The number of aliphatic hydroxyl groups is 1. The molecule has 0 aliphatic heterocycles. The van der Waals surface area contributed by atoms with Gasteiger partial charge in [-0.05, 0) is 43.7 Å². The van der Waals surface area contributed by atoms with E-state index < -0.39 is 6.10 Å². The third-order valence-corrected chi connectivity index (χ3v) is 3.42. The summed E-state index contributed by atoms with van der Waals surface area (Å²) in [6.45, 7) is 4.53. The lowest BCUT2D eigenvalue weighted by atomic mass is 9.99. The largest absolute Gasteiger partial charge is 0.493 e. The predicted octanol–water partition coefficient (Wildman–Crippen LogP) is 4.24. The van der Waals surface area contributed by atoms with Crippen LogP contribution in [-0.2, 0) is 0 Å². The van der Waals surface area contributed by atoms with Crippen LogP contribution >= 0.6 is 15.9 Å². The smallest absolute Gasteiger partial charge is 0.125 e. The molecule has 0 saturated heterocycles. The Morgan fingerprint density at radius 1 is 1.21 bits per heavy atom. The van der Waals surface area contributed by atoms with Crippen molar-refractivity contribution in [1.82, 2.24) is 0 Å². The summed E-state index contributed by atoms with van der Waals surface area (Å²) in [6, 6.07) is 13.6. The van der Waals surface area contributed by atoms with Gasteiger partial charge in [-0.2, -0.15) is 0 Å². The zero-order valence-corrected chi connectivity index (χ0v) is 12.6. The fourth-order valence-corrected chi connectivity index (χ4v) is 2.44. The second-order valence-electron chi connectivity index (χ2n) is 4.43. The van der Waals surface area contributed by atoms with Crippen LogP contribution in [0.5, 0.6) is 5.75 Å². The average Bonchev–Trinajstić information content (AvgIpc) is 2.40. The SMILES string of the molecule is CCOc1ccc(C)cc1C(O)c1cccc(Br)c1. The standard InChI is InChI=1S/C16H17BrO2/c1-3-19-15-8-7-11(2)9-14(15)16(18)12-5-4-6-13(17)10-12/h4-10,16,18H,3H2,1-2H3. The van der Waals surface area contributed by atoms with Crippen LogP contribution in [0.15, 0.2) is 46.9 Å². The first kappa shape index (κ1) is 14.1. The summed E-state index contributed by atoms with van der Waals surface area (Å²) >= 11 is 3.42. The Morgan fingerprint density at radius 3 is 2.68 bits per heavy atom. The molecule has 0 aromatic heterocycles. The predicted molar refractivity (Wildman–Crippen MR) is 80.6 cm³/mol. The Bertz CT molecular complexity index is 566. The molecule has 0 spiro atoms. The van der Waals surface area contributed by atoms with Gasteiger partial charge in [0.1, 0.15) is 11.9 Å². The van der Waals surface area contributed by atoms with Crippen LogP contribution in [0, 0.1) is 6.92 Å². The number of benzene rings is 2. The second kappa shape index (κ2) is 6.22. The molecule has 1 N–H and O–H groups in total. The zero-order valence-electron chi connectivity index (χ0n) is 11.1. The third kappa shape index (κ3) is 3.37. The molecular weight excluding hydrogens is 304 g/mol. The first-order valence-corrected chi connectivity index (χ1v) is 7.08. The first-order chi connectivity index (χ1) is 9.11. The minimum Gasteiger partial charge on any atom is -0.493 e. The topological polar surface area (TPSA) is 29.5 Å². The number of hydrogen-bond acceptors (Lipinski definition) is 2. The van der Waals surface area contributed by atoms with Gasteiger partial charge in [-0.15, -0.1) is 0 Å². The van der Waals surface area contributed by atoms with Crippen LogP contribution in [0.2, 0.25) is 0 Å². The molecule has 0 amide bonds. The Morgan fingerprint density at radius 2 is 2.00 bits per heavy atom. The van der Waals surface area contributed by atoms with Gasteiger partial charge in [0, 0.05) is 10.0 Å². The van der Waals surface area contributed by atoms with Gasteiger partial charge in [0.15, 0.2) is 0 Å². The van der Waals surface area contributed by atoms with Crippen LogP contribution < -0.4 is 4.74 Å². The average molecular weight is 321 g/mol. The molecule has 0 heterocycles. The van der Waals surface area contributed by atoms with Gasteiger partial charge in [0.25, 0.3) is 0 Å². The van der Waals surface area contributed by atoms with Crippen molar-refractivity contribution in [2.45, 2.75) is 20.0 Å². The minimum atomic E-state index is -0.682. The maximum atomic E-state index is 10.5. The minimum absolute atomic E-state index is 0.585. The van der Waals surface area contributed by atoms with Gasteiger partial charge in [-0.3, -0.25) is 0 Å². The molecular formula is C16H17BrO2. The maximum Gasteiger partial charge on any atom is 0.125 e. The molecule has 0 fully saturated rings. The molecule has 0 aliphatic carbocycles. The molecule has 100 valence electrons. The number of rotatable bonds is 4. The molecule has 2 rings (SSSR count). The van der Waals surface area contributed by atoms with E-state index in [1.807, 2.05) is 56.3 Å². The summed E-state index contributed by atoms with van der Waals surface area (Å²) in [7, 11) is 0. The van der Waals surface area contributed by atoms with Gasteiger partial charge in [-0.25, -0.2) is 0 Å². The van der Waals surface area contributed by atoms with Crippen LogP contribution in [0.1, 0.15) is 29.7 Å². The lowest BCUT2D eigenvalue weighted by molar-refractivity contribution is 0.212. The van der Waals surface area contributed by atoms with E-state index in [0.29, 0.717) is 6.61 Å². The molecule has 2 nitrogen and oxygen atoms in total. The van der Waals surface area contributed by atoms with Crippen molar-refractivity contribution in [3.8, 4) is 5.75 Å². The lowest BCUT2D eigenvalue weighted by Crippen LogP contribution is -2.04. The quantitative estimate of drug-likeness (QED) is 0.913. The summed E-state index contributed by atoms with van der Waals surface area (Å²) in [5, 5.41) is 10.5. The number of aliphatic hydroxyl groups excluding tert-OH is 1. The number of ether oxygens (including phenoxy) is 1. The highest BCUT2D eigenvalue weighted by Crippen LogP contribution is 2.31. The molecule has 0 bridgehead atoms. The van der Waals surface area contributed by atoms with E-state index in [0.717, 1.165) is 26.9 Å². The molecule has 3 heteroatoms. The molecule has 2 aromatic carbocycles. The summed E-state index contributed by atoms with van der Waals surface area (Å²) < 4.78 is 6.55. The molecule has 19 heavy (non-hydrogen) atoms. The van der Waals surface area contributed by atoms with Gasteiger partial charge in [-0.1, -0.05) is 39.7 Å². The molecule has 2 aromatic rings. The molecule has 0 saturated carbocycles. The summed E-state index contributed by atoms with van der Waals surface area (Å²) in [6.07, 6.45) is -0.682.